The summed E-state index contributed by atoms with van der Waals surface area (Å²) < 4.78 is 10.7. The lowest BCUT2D eigenvalue weighted by molar-refractivity contribution is 0.600. The zero-order valence-electron chi connectivity index (χ0n) is 20.9. The molecule has 0 saturated carbocycles. The maximum Gasteiger partial charge on any atom is 0.182 e. The summed E-state index contributed by atoms with van der Waals surface area (Å²) in [5.74, 6) is 0. The first-order valence-electron chi connectivity index (χ1n) is 13.1. The molecule has 0 unspecified atom stereocenters. The maximum atomic E-state index is 5.91. The van der Waals surface area contributed by atoms with Crippen LogP contribution >= 0.6 is 0 Å². The van der Waals surface area contributed by atoms with Crippen LogP contribution in [0.3, 0.4) is 0 Å². The molecule has 0 atom stereocenters. The Bertz CT molecular complexity index is 2390. The Morgan fingerprint density at radius 3 is 2.23 bits per heavy atom. The van der Waals surface area contributed by atoms with Crippen LogP contribution in [0.25, 0.3) is 76.9 Å². The largest absolute Gasteiger partial charge is 0.441 e. The molecule has 39 heavy (non-hydrogen) atoms. The molecule has 0 fully saturated rings. The Labute approximate surface area is 222 Å². The fraction of sp³-hybridized carbons (Fsp3) is 0. The molecule has 182 valence electrons. The van der Waals surface area contributed by atoms with E-state index < -0.39 is 0 Å². The summed E-state index contributed by atoms with van der Waals surface area (Å²) in [4.78, 5) is 4.42. The fourth-order valence-electron chi connectivity index (χ4n) is 6.39. The summed E-state index contributed by atoms with van der Waals surface area (Å²) in [6.07, 6.45) is 1.53. The molecule has 0 bridgehead atoms. The Kier molecular flexibility index (Phi) is 4.02. The van der Waals surface area contributed by atoms with Gasteiger partial charge in [-0.05, 0) is 59.3 Å². The highest BCUT2D eigenvalue weighted by Crippen LogP contribution is 2.43. The minimum atomic E-state index is 0.787. The lowest BCUT2D eigenvalue weighted by atomic mass is 10.0. The van der Waals surface area contributed by atoms with Crippen LogP contribution in [0.2, 0.25) is 0 Å². The number of aromatic nitrogens is 3. The molecule has 0 aliphatic rings. The van der Waals surface area contributed by atoms with Gasteiger partial charge in [0.1, 0.15) is 5.52 Å². The van der Waals surface area contributed by atoms with Crippen LogP contribution < -0.4 is 0 Å². The van der Waals surface area contributed by atoms with Gasteiger partial charge in [-0.3, -0.25) is 0 Å². The summed E-state index contributed by atoms with van der Waals surface area (Å²) in [6.45, 7) is 0. The molecule has 0 aliphatic carbocycles. The van der Waals surface area contributed by atoms with Crippen molar-refractivity contribution in [1.82, 2.24) is 14.1 Å². The van der Waals surface area contributed by atoms with Crippen molar-refractivity contribution in [3.8, 4) is 11.4 Å². The van der Waals surface area contributed by atoms with Crippen LogP contribution in [-0.4, -0.2) is 14.1 Å². The Balaban J connectivity index is 1.55. The standard InChI is InChI=1S/C35H21N3O/c1-2-11-24(12-3-1)37-32-20-23-10-5-4-9-22(23)19-27(32)25-17-18-30-33(34(25)37)26-13-6-7-15-29(26)38(30)31-16-8-14-28-35(31)39-21-36-28/h1-21H. The normalized spacial score (nSPS) is 12.1. The maximum absolute atomic E-state index is 5.91. The number of rotatable bonds is 2. The Morgan fingerprint density at radius 1 is 0.538 bits per heavy atom. The van der Waals surface area contributed by atoms with Gasteiger partial charge in [-0.2, -0.15) is 0 Å². The predicted octanol–water partition coefficient (Wildman–Crippen LogP) is 9.18. The lowest BCUT2D eigenvalue weighted by Crippen LogP contribution is -1.95. The van der Waals surface area contributed by atoms with Crippen LogP contribution in [-0.2, 0) is 0 Å². The van der Waals surface area contributed by atoms with Gasteiger partial charge < -0.3 is 13.6 Å². The van der Waals surface area contributed by atoms with Gasteiger partial charge in [0.05, 0.1) is 27.8 Å². The second-order valence-electron chi connectivity index (χ2n) is 10.1. The van der Waals surface area contributed by atoms with E-state index in [-0.39, 0.29) is 0 Å². The molecule has 0 spiro atoms. The number of para-hydroxylation sites is 3. The van der Waals surface area contributed by atoms with Crippen LogP contribution in [0.5, 0.6) is 0 Å². The molecule has 9 aromatic rings. The van der Waals surface area contributed by atoms with Crippen molar-refractivity contribution in [2.24, 2.45) is 0 Å². The first kappa shape index (κ1) is 20.7. The van der Waals surface area contributed by atoms with E-state index >= 15 is 0 Å². The average molecular weight is 500 g/mol. The van der Waals surface area contributed by atoms with E-state index in [1.54, 1.807) is 0 Å². The van der Waals surface area contributed by atoms with Crippen LogP contribution in [0.15, 0.2) is 132 Å². The minimum Gasteiger partial charge on any atom is -0.441 e. The van der Waals surface area contributed by atoms with Crippen molar-refractivity contribution >= 4 is 65.5 Å². The number of hydrogen-bond acceptors (Lipinski definition) is 2. The van der Waals surface area contributed by atoms with Gasteiger partial charge in [-0.25, -0.2) is 4.98 Å². The van der Waals surface area contributed by atoms with Gasteiger partial charge >= 0.3 is 0 Å². The smallest absolute Gasteiger partial charge is 0.182 e. The number of oxazole rings is 1. The molecule has 0 radical (unpaired) electrons. The second kappa shape index (κ2) is 7.59. The zero-order valence-corrected chi connectivity index (χ0v) is 20.9. The van der Waals surface area contributed by atoms with E-state index in [0.717, 1.165) is 33.5 Å². The number of fused-ring (bicyclic) bond motifs is 9. The quantitative estimate of drug-likeness (QED) is 0.238. The van der Waals surface area contributed by atoms with E-state index in [4.69, 9.17) is 4.42 Å². The van der Waals surface area contributed by atoms with Crippen LogP contribution in [0.1, 0.15) is 0 Å². The lowest BCUT2D eigenvalue weighted by Gasteiger charge is -2.10. The highest BCUT2D eigenvalue weighted by Gasteiger charge is 2.22. The van der Waals surface area contributed by atoms with Crippen LogP contribution in [0.4, 0.5) is 0 Å². The SMILES string of the molecule is c1ccc(-n2c3cc4ccccc4cc3c3ccc4c(c5ccccc5n4-c4cccc5ncoc45)c32)cc1. The van der Waals surface area contributed by atoms with E-state index in [2.05, 4.69) is 123 Å². The molecule has 3 heterocycles. The van der Waals surface area contributed by atoms with Gasteiger partial charge in [0, 0.05) is 27.2 Å². The molecule has 4 heteroatoms. The first-order valence-corrected chi connectivity index (χ1v) is 13.1. The topological polar surface area (TPSA) is 35.9 Å². The van der Waals surface area contributed by atoms with E-state index in [1.165, 1.54) is 49.7 Å². The van der Waals surface area contributed by atoms with Gasteiger partial charge in [-0.1, -0.05) is 72.8 Å². The summed E-state index contributed by atoms with van der Waals surface area (Å²) >= 11 is 0. The molecule has 6 aromatic carbocycles. The van der Waals surface area contributed by atoms with Crippen LogP contribution in [0, 0.1) is 0 Å². The molecule has 0 saturated heterocycles. The van der Waals surface area contributed by atoms with E-state index in [0.29, 0.717) is 0 Å². The predicted molar refractivity (Wildman–Crippen MR) is 160 cm³/mol. The third-order valence-electron chi connectivity index (χ3n) is 8.02. The van der Waals surface area contributed by atoms with Gasteiger partial charge in [0.2, 0.25) is 0 Å². The molecule has 3 aromatic heterocycles. The highest BCUT2D eigenvalue weighted by atomic mass is 16.3. The average Bonchev–Trinajstić information content (AvgIpc) is 3.69. The summed E-state index contributed by atoms with van der Waals surface area (Å²) in [5, 5.41) is 7.41. The van der Waals surface area contributed by atoms with E-state index in [9.17, 15) is 0 Å². The molecule has 0 aliphatic heterocycles. The third-order valence-corrected chi connectivity index (χ3v) is 8.02. The fourth-order valence-corrected chi connectivity index (χ4v) is 6.39. The van der Waals surface area contributed by atoms with Crippen molar-refractivity contribution in [2.75, 3.05) is 0 Å². The molecule has 0 N–H and O–H groups in total. The van der Waals surface area contributed by atoms with Gasteiger partial charge in [0.15, 0.2) is 12.0 Å². The summed E-state index contributed by atoms with van der Waals surface area (Å²) in [5.41, 5.74) is 8.47. The summed E-state index contributed by atoms with van der Waals surface area (Å²) in [7, 11) is 0. The van der Waals surface area contributed by atoms with Gasteiger partial charge in [-0.15, -0.1) is 0 Å². The minimum absolute atomic E-state index is 0.787. The second-order valence-corrected chi connectivity index (χ2v) is 10.1. The van der Waals surface area contributed by atoms with Crippen molar-refractivity contribution in [2.45, 2.75) is 0 Å². The number of nitrogens with zero attached hydrogens (tertiary/aromatic N) is 3. The zero-order chi connectivity index (χ0) is 25.5. The molecule has 0 amide bonds. The van der Waals surface area contributed by atoms with Crippen molar-refractivity contribution < 1.29 is 4.42 Å². The summed E-state index contributed by atoms with van der Waals surface area (Å²) in [6, 6.07) is 43.3. The molecular formula is C35H21N3O. The Hall–Kier alpha value is -5.35. The third kappa shape index (κ3) is 2.75. The first-order chi connectivity index (χ1) is 19.4. The van der Waals surface area contributed by atoms with Crippen molar-refractivity contribution in [3.63, 3.8) is 0 Å². The van der Waals surface area contributed by atoms with E-state index in [1.807, 2.05) is 12.1 Å². The van der Waals surface area contributed by atoms with Crippen molar-refractivity contribution in [1.29, 1.82) is 0 Å². The molecular weight excluding hydrogens is 478 g/mol. The Morgan fingerprint density at radius 2 is 1.33 bits per heavy atom. The van der Waals surface area contributed by atoms with Gasteiger partial charge in [0.25, 0.3) is 0 Å². The highest BCUT2D eigenvalue weighted by molar-refractivity contribution is 6.27. The monoisotopic (exact) mass is 499 g/mol. The molecule has 4 nitrogen and oxygen atoms in total. The molecule has 9 rings (SSSR count). The number of hydrogen-bond donors (Lipinski definition) is 0. The number of benzene rings is 6. The van der Waals surface area contributed by atoms with Crippen molar-refractivity contribution in [3.05, 3.63) is 128 Å².